The van der Waals surface area contributed by atoms with Crippen LogP contribution in [0.1, 0.15) is 12.5 Å². The highest BCUT2D eigenvalue weighted by atomic mass is 79.9. The number of halogens is 1. The predicted octanol–water partition coefficient (Wildman–Crippen LogP) is 3.26. The van der Waals surface area contributed by atoms with Crippen molar-refractivity contribution in [3.8, 4) is 17.1 Å². The van der Waals surface area contributed by atoms with Crippen molar-refractivity contribution in [3.63, 3.8) is 0 Å². The summed E-state index contributed by atoms with van der Waals surface area (Å²) in [4.78, 5) is 0. The Balaban J connectivity index is 2.59. The molecule has 2 N–H and O–H groups in total. The maximum Gasteiger partial charge on any atom is 0.175 e. The number of anilines is 1. The highest BCUT2D eigenvalue weighted by Gasteiger charge is 2.17. The summed E-state index contributed by atoms with van der Waals surface area (Å²) in [6.45, 7) is 2.01. The molecule has 90 valence electrons. The molecule has 2 aromatic rings. The van der Waals surface area contributed by atoms with Gasteiger partial charge >= 0.3 is 0 Å². The summed E-state index contributed by atoms with van der Waals surface area (Å²) in [6, 6.07) is 5.73. The number of aromatic nitrogens is 1. The molecular weight excluding hydrogens is 284 g/mol. The lowest BCUT2D eigenvalue weighted by Gasteiger charge is -2.07. The fourth-order valence-electron chi connectivity index (χ4n) is 1.73. The van der Waals surface area contributed by atoms with Crippen LogP contribution in [-0.2, 0) is 6.42 Å². The summed E-state index contributed by atoms with van der Waals surface area (Å²) < 4.78 is 11.6. The quantitative estimate of drug-likeness (QED) is 0.944. The van der Waals surface area contributed by atoms with Gasteiger partial charge in [0.15, 0.2) is 11.6 Å². The van der Waals surface area contributed by atoms with E-state index in [-0.39, 0.29) is 0 Å². The number of ether oxygens (including phenoxy) is 1. The van der Waals surface area contributed by atoms with E-state index in [4.69, 9.17) is 15.0 Å². The Hall–Kier alpha value is -1.49. The third-order valence-electron chi connectivity index (χ3n) is 2.58. The molecular formula is C12H13BrN2O2. The molecule has 0 atom stereocenters. The first-order chi connectivity index (χ1) is 8.17. The van der Waals surface area contributed by atoms with Crippen molar-refractivity contribution in [3.05, 3.63) is 28.2 Å². The molecule has 1 aromatic heterocycles. The average Bonchev–Trinajstić information content (AvgIpc) is 2.70. The van der Waals surface area contributed by atoms with E-state index in [1.54, 1.807) is 7.11 Å². The number of rotatable bonds is 3. The van der Waals surface area contributed by atoms with Crippen molar-refractivity contribution >= 4 is 21.7 Å². The molecule has 0 fully saturated rings. The highest BCUT2D eigenvalue weighted by molar-refractivity contribution is 9.10. The van der Waals surface area contributed by atoms with Crippen molar-refractivity contribution in [2.24, 2.45) is 0 Å². The van der Waals surface area contributed by atoms with Crippen LogP contribution in [0.2, 0.25) is 0 Å². The van der Waals surface area contributed by atoms with Gasteiger partial charge < -0.3 is 15.0 Å². The van der Waals surface area contributed by atoms with Crippen molar-refractivity contribution in [1.82, 2.24) is 5.16 Å². The van der Waals surface area contributed by atoms with Gasteiger partial charge in [-0.1, -0.05) is 28.0 Å². The van der Waals surface area contributed by atoms with E-state index in [0.29, 0.717) is 11.6 Å². The summed E-state index contributed by atoms with van der Waals surface area (Å²) in [5, 5.41) is 3.80. The maximum absolute atomic E-state index is 5.76. The van der Waals surface area contributed by atoms with Crippen molar-refractivity contribution in [2.75, 3.05) is 12.8 Å². The van der Waals surface area contributed by atoms with E-state index < -0.39 is 0 Å². The summed E-state index contributed by atoms with van der Waals surface area (Å²) in [5.74, 6) is 1.84. The number of hydrogen-bond acceptors (Lipinski definition) is 4. The summed E-state index contributed by atoms with van der Waals surface area (Å²) in [5.41, 5.74) is 7.52. The van der Waals surface area contributed by atoms with E-state index in [1.165, 1.54) is 0 Å². The first kappa shape index (κ1) is 12.0. The van der Waals surface area contributed by atoms with Gasteiger partial charge in [-0.05, 0) is 24.6 Å². The lowest BCUT2D eigenvalue weighted by molar-refractivity contribution is 0.406. The fraction of sp³-hybridized carbons (Fsp3) is 0.250. The summed E-state index contributed by atoms with van der Waals surface area (Å²) in [7, 11) is 1.62. The van der Waals surface area contributed by atoms with Crippen LogP contribution in [-0.4, -0.2) is 12.3 Å². The van der Waals surface area contributed by atoms with Crippen LogP contribution in [0.4, 0.5) is 5.82 Å². The van der Waals surface area contributed by atoms with Crippen LogP contribution in [0.15, 0.2) is 27.2 Å². The normalized spacial score (nSPS) is 10.5. The lowest BCUT2D eigenvalue weighted by Crippen LogP contribution is -1.92. The minimum absolute atomic E-state index is 0.437. The van der Waals surface area contributed by atoms with E-state index >= 15 is 0 Å². The number of nitrogens with two attached hydrogens (primary N) is 1. The van der Waals surface area contributed by atoms with Crippen LogP contribution >= 0.6 is 15.9 Å². The Bertz CT molecular complexity index is 537. The zero-order chi connectivity index (χ0) is 12.4. The molecule has 1 aromatic carbocycles. The fourth-order valence-corrected chi connectivity index (χ4v) is 2.07. The number of nitrogens with zero attached hydrogens (tertiary/aromatic N) is 1. The van der Waals surface area contributed by atoms with E-state index in [0.717, 1.165) is 27.8 Å². The Morgan fingerprint density at radius 3 is 2.88 bits per heavy atom. The third kappa shape index (κ3) is 2.15. The third-order valence-corrected chi connectivity index (χ3v) is 3.07. The van der Waals surface area contributed by atoms with Gasteiger partial charge in [-0.25, -0.2) is 0 Å². The Labute approximate surface area is 108 Å². The molecule has 0 radical (unpaired) electrons. The molecule has 0 spiro atoms. The number of hydrogen-bond donors (Lipinski definition) is 1. The van der Waals surface area contributed by atoms with Gasteiger partial charge in [0, 0.05) is 10.0 Å². The lowest BCUT2D eigenvalue weighted by atomic mass is 10.1. The summed E-state index contributed by atoms with van der Waals surface area (Å²) >= 11 is 3.40. The van der Waals surface area contributed by atoms with Crippen molar-refractivity contribution in [1.29, 1.82) is 0 Å². The van der Waals surface area contributed by atoms with Crippen molar-refractivity contribution in [2.45, 2.75) is 13.3 Å². The Morgan fingerprint density at radius 1 is 1.47 bits per heavy atom. The number of methoxy groups -OCH3 is 1. The van der Waals surface area contributed by atoms with Gasteiger partial charge in [0.1, 0.15) is 5.75 Å². The Morgan fingerprint density at radius 2 is 2.24 bits per heavy atom. The van der Waals surface area contributed by atoms with Crippen LogP contribution in [0.3, 0.4) is 0 Å². The first-order valence-corrected chi connectivity index (χ1v) is 6.04. The van der Waals surface area contributed by atoms with E-state index in [9.17, 15) is 0 Å². The maximum atomic E-state index is 5.76. The molecule has 1 heterocycles. The number of benzene rings is 1. The minimum atomic E-state index is 0.437. The zero-order valence-corrected chi connectivity index (χ0v) is 11.2. The molecule has 0 aliphatic heterocycles. The molecule has 17 heavy (non-hydrogen) atoms. The van der Waals surface area contributed by atoms with Gasteiger partial charge in [0.25, 0.3) is 0 Å². The predicted molar refractivity (Wildman–Crippen MR) is 70.0 cm³/mol. The number of nitrogen functional groups attached to an aromatic ring is 1. The largest absolute Gasteiger partial charge is 0.496 e. The van der Waals surface area contributed by atoms with Gasteiger partial charge in [0.05, 0.1) is 12.7 Å². The molecule has 0 amide bonds. The molecule has 0 unspecified atom stereocenters. The molecule has 0 saturated carbocycles. The van der Waals surface area contributed by atoms with Gasteiger partial charge in [-0.3, -0.25) is 0 Å². The molecule has 0 saturated heterocycles. The van der Waals surface area contributed by atoms with Crippen LogP contribution in [0, 0.1) is 0 Å². The molecule has 5 heteroatoms. The van der Waals surface area contributed by atoms with Gasteiger partial charge in [0.2, 0.25) is 0 Å². The highest BCUT2D eigenvalue weighted by Crippen LogP contribution is 2.36. The van der Waals surface area contributed by atoms with Crippen LogP contribution in [0.5, 0.6) is 5.75 Å². The monoisotopic (exact) mass is 296 g/mol. The molecule has 2 rings (SSSR count). The van der Waals surface area contributed by atoms with Crippen LogP contribution in [0.25, 0.3) is 11.3 Å². The summed E-state index contributed by atoms with van der Waals surface area (Å²) in [6.07, 6.45) is 0.768. The molecule has 0 aliphatic rings. The second kappa shape index (κ2) is 4.79. The SMILES string of the molecule is CCc1c(N)noc1-c1ccc(Br)cc1OC. The minimum Gasteiger partial charge on any atom is -0.496 e. The standard InChI is InChI=1S/C12H13BrN2O2/c1-3-8-11(17-15-12(8)14)9-5-4-7(13)6-10(9)16-2/h4-6H,3H2,1-2H3,(H2,14,15). The molecule has 0 bridgehead atoms. The van der Waals surface area contributed by atoms with Crippen LogP contribution < -0.4 is 10.5 Å². The first-order valence-electron chi connectivity index (χ1n) is 5.25. The smallest absolute Gasteiger partial charge is 0.175 e. The molecule has 4 nitrogen and oxygen atoms in total. The topological polar surface area (TPSA) is 61.3 Å². The van der Waals surface area contributed by atoms with Gasteiger partial charge in [-0.2, -0.15) is 0 Å². The molecule has 0 aliphatic carbocycles. The Kier molecular flexibility index (Phi) is 3.38. The van der Waals surface area contributed by atoms with E-state index in [2.05, 4.69) is 21.1 Å². The van der Waals surface area contributed by atoms with E-state index in [1.807, 2.05) is 25.1 Å². The van der Waals surface area contributed by atoms with Crippen molar-refractivity contribution < 1.29 is 9.26 Å². The second-order valence-corrected chi connectivity index (χ2v) is 4.49. The van der Waals surface area contributed by atoms with Gasteiger partial charge in [-0.15, -0.1) is 0 Å². The average molecular weight is 297 g/mol. The second-order valence-electron chi connectivity index (χ2n) is 3.57. The zero-order valence-electron chi connectivity index (χ0n) is 9.66.